The molecule has 2 N–H and O–H groups in total. The molecule has 0 atom stereocenters. The number of hydrogen-bond donors (Lipinski definition) is 2. The zero-order chi connectivity index (χ0) is 9.68. The Balaban J connectivity index is 2.74. The molecule has 0 fully saturated rings. The lowest BCUT2D eigenvalue weighted by Crippen LogP contribution is -2.13. The topological polar surface area (TPSA) is 67.0 Å². The third kappa shape index (κ3) is 2.29. The number of nitrogens with zero attached hydrogens (tertiary/aromatic N) is 1. The van der Waals surface area contributed by atoms with Gasteiger partial charge in [0, 0.05) is 6.54 Å². The summed E-state index contributed by atoms with van der Waals surface area (Å²) in [5.41, 5.74) is 1.11. The third-order valence-corrected chi connectivity index (χ3v) is 1.54. The van der Waals surface area contributed by atoms with E-state index in [1.54, 1.807) is 14.0 Å². The first-order chi connectivity index (χ1) is 6.29. The second-order valence-electron chi connectivity index (χ2n) is 2.48. The van der Waals surface area contributed by atoms with Crippen molar-refractivity contribution in [3.05, 3.63) is 17.7 Å². The number of aromatic nitrogens is 2. The lowest BCUT2D eigenvalue weighted by molar-refractivity contribution is 0.0518. The summed E-state index contributed by atoms with van der Waals surface area (Å²) in [7, 11) is 1.80. The first-order valence-electron chi connectivity index (χ1n) is 4.13. The minimum Gasteiger partial charge on any atom is -0.461 e. The SMILES string of the molecule is CCOC(=O)c1nc[nH]c1CNC. The van der Waals surface area contributed by atoms with Crippen molar-refractivity contribution >= 4 is 5.97 Å². The molecule has 0 radical (unpaired) electrons. The molecule has 0 aliphatic carbocycles. The number of carbonyl (C=O) groups is 1. The Hall–Kier alpha value is -1.36. The summed E-state index contributed by atoms with van der Waals surface area (Å²) in [5, 5.41) is 2.93. The Morgan fingerprint density at radius 1 is 1.77 bits per heavy atom. The summed E-state index contributed by atoms with van der Waals surface area (Å²) < 4.78 is 4.82. The summed E-state index contributed by atoms with van der Waals surface area (Å²) in [5.74, 6) is -0.381. The van der Waals surface area contributed by atoms with Gasteiger partial charge >= 0.3 is 5.97 Å². The van der Waals surface area contributed by atoms with Crippen molar-refractivity contribution < 1.29 is 9.53 Å². The van der Waals surface area contributed by atoms with E-state index >= 15 is 0 Å². The van der Waals surface area contributed by atoms with E-state index < -0.39 is 0 Å². The molecule has 13 heavy (non-hydrogen) atoms. The molecular formula is C8H13N3O2. The van der Waals surface area contributed by atoms with E-state index in [1.165, 1.54) is 6.33 Å². The van der Waals surface area contributed by atoms with E-state index in [-0.39, 0.29) is 5.97 Å². The molecule has 0 aliphatic heterocycles. The van der Waals surface area contributed by atoms with Gasteiger partial charge in [0.1, 0.15) is 0 Å². The standard InChI is InChI=1S/C8H13N3O2/c1-3-13-8(12)7-6(4-9-2)10-5-11-7/h5,9H,3-4H2,1-2H3,(H,10,11). The molecule has 0 unspecified atom stereocenters. The van der Waals surface area contributed by atoms with E-state index in [0.717, 1.165) is 5.69 Å². The van der Waals surface area contributed by atoms with Gasteiger partial charge in [-0.2, -0.15) is 0 Å². The van der Waals surface area contributed by atoms with E-state index in [4.69, 9.17) is 4.74 Å². The van der Waals surface area contributed by atoms with Crippen LogP contribution in [0.2, 0.25) is 0 Å². The van der Waals surface area contributed by atoms with E-state index in [1.807, 2.05) is 0 Å². The van der Waals surface area contributed by atoms with E-state index in [2.05, 4.69) is 15.3 Å². The van der Waals surface area contributed by atoms with Crippen molar-refractivity contribution in [2.75, 3.05) is 13.7 Å². The van der Waals surface area contributed by atoms with Gasteiger partial charge in [-0.15, -0.1) is 0 Å². The van der Waals surface area contributed by atoms with E-state index in [9.17, 15) is 4.79 Å². The summed E-state index contributed by atoms with van der Waals surface area (Å²) in [6.07, 6.45) is 1.49. The highest BCUT2D eigenvalue weighted by atomic mass is 16.5. The quantitative estimate of drug-likeness (QED) is 0.659. The second kappa shape index (κ2) is 4.61. The van der Waals surface area contributed by atoms with Crippen LogP contribution in [0.25, 0.3) is 0 Å². The average Bonchev–Trinajstić information content (AvgIpc) is 2.54. The van der Waals surface area contributed by atoms with Crippen LogP contribution in [0.1, 0.15) is 23.1 Å². The van der Waals surface area contributed by atoms with Gasteiger partial charge in [0.25, 0.3) is 0 Å². The van der Waals surface area contributed by atoms with Crippen LogP contribution >= 0.6 is 0 Å². The normalized spacial score (nSPS) is 10.0. The highest BCUT2D eigenvalue weighted by Gasteiger charge is 2.14. The first kappa shape index (κ1) is 9.73. The smallest absolute Gasteiger partial charge is 0.358 e. The van der Waals surface area contributed by atoms with Crippen LogP contribution in [0, 0.1) is 0 Å². The summed E-state index contributed by atoms with van der Waals surface area (Å²) in [6.45, 7) is 2.71. The maximum absolute atomic E-state index is 11.3. The molecule has 0 amide bonds. The molecule has 0 saturated carbocycles. The molecule has 0 spiro atoms. The van der Waals surface area contributed by atoms with Gasteiger partial charge < -0.3 is 15.0 Å². The molecule has 1 aromatic rings. The second-order valence-corrected chi connectivity index (χ2v) is 2.48. The van der Waals surface area contributed by atoms with Crippen molar-refractivity contribution in [2.24, 2.45) is 0 Å². The lowest BCUT2D eigenvalue weighted by Gasteiger charge is -2.01. The number of hydrogen-bond acceptors (Lipinski definition) is 4. The number of nitrogens with one attached hydrogen (secondary N) is 2. The molecule has 0 bridgehead atoms. The van der Waals surface area contributed by atoms with Crippen molar-refractivity contribution in [3.8, 4) is 0 Å². The van der Waals surface area contributed by atoms with E-state index in [0.29, 0.717) is 18.8 Å². The number of imidazole rings is 1. The van der Waals surface area contributed by atoms with Crippen molar-refractivity contribution in [1.82, 2.24) is 15.3 Å². The summed E-state index contributed by atoms with van der Waals surface area (Å²) in [6, 6.07) is 0. The molecule has 5 nitrogen and oxygen atoms in total. The predicted molar refractivity (Wildman–Crippen MR) is 47.3 cm³/mol. The van der Waals surface area contributed by atoms with Crippen LogP contribution in [0.3, 0.4) is 0 Å². The molecule has 1 heterocycles. The number of aromatic amines is 1. The van der Waals surface area contributed by atoms with Crippen molar-refractivity contribution in [1.29, 1.82) is 0 Å². The van der Waals surface area contributed by atoms with Gasteiger partial charge in [-0.25, -0.2) is 9.78 Å². The van der Waals surface area contributed by atoms with Crippen LogP contribution in [0.4, 0.5) is 0 Å². The Morgan fingerprint density at radius 3 is 3.15 bits per heavy atom. The highest BCUT2D eigenvalue weighted by Crippen LogP contribution is 2.03. The highest BCUT2D eigenvalue weighted by molar-refractivity contribution is 5.88. The van der Waals surface area contributed by atoms with Crippen molar-refractivity contribution in [3.63, 3.8) is 0 Å². The van der Waals surface area contributed by atoms with Gasteiger partial charge in [-0.05, 0) is 14.0 Å². The third-order valence-electron chi connectivity index (χ3n) is 1.54. The molecule has 0 saturated heterocycles. The molecule has 5 heteroatoms. The zero-order valence-corrected chi connectivity index (χ0v) is 7.76. The minimum atomic E-state index is -0.381. The van der Waals surface area contributed by atoms with Crippen LogP contribution in [0.5, 0.6) is 0 Å². The number of esters is 1. The molecule has 72 valence electrons. The molecule has 0 aliphatic rings. The molecular weight excluding hydrogens is 170 g/mol. The largest absolute Gasteiger partial charge is 0.461 e. The maximum Gasteiger partial charge on any atom is 0.358 e. The van der Waals surface area contributed by atoms with Crippen LogP contribution < -0.4 is 5.32 Å². The number of rotatable bonds is 4. The Kier molecular flexibility index (Phi) is 3.45. The number of carbonyl (C=O) groups excluding carboxylic acids is 1. The monoisotopic (exact) mass is 183 g/mol. The fourth-order valence-corrected chi connectivity index (χ4v) is 1.01. The summed E-state index contributed by atoms with van der Waals surface area (Å²) >= 11 is 0. The zero-order valence-electron chi connectivity index (χ0n) is 7.76. The van der Waals surface area contributed by atoms with Crippen LogP contribution in [-0.2, 0) is 11.3 Å². The van der Waals surface area contributed by atoms with Gasteiger partial charge in [0.05, 0.1) is 18.6 Å². The van der Waals surface area contributed by atoms with Crippen LogP contribution in [0.15, 0.2) is 6.33 Å². The molecule has 1 aromatic heterocycles. The minimum absolute atomic E-state index is 0.358. The van der Waals surface area contributed by atoms with Crippen LogP contribution in [-0.4, -0.2) is 29.6 Å². The van der Waals surface area contributed by atoms with Gasteiger partial charge in [0.2, 0.25) is 0 Å². The van der Waals surface area contributed by atoms with Gasteiger partial charge in [-0.1, -0.05) is 0 Å². The fraction of sp³-hybridized carbons (Fsp3) is 0.500. The van der Waals surface area contributed by atoms with Gasteiger partial charge in [-0.3, -0.25) is 0 Å². The predicted octanol–water partition coefficient (Wildman–Crippen LogP) is 0.306. The Labute approximate surface area is 76.5 Å². The fourth-order valence-electron chi connectivity index (χ4n) is 1.01. The maximum atomic E-state index is 11.3. The molecule has 0 aromatic carbocycles. The van der Waals surface area contributed by atoms with Gasteiger partial charge in [0.15, 0.2) is 5.69 Å². The number of ether oxygens (including phenoxy) is 1. The Bertz CT molecular complexity index is 283. The lowest BCUT2D eigenvalue weighted by atomic mass is 10.3. The van der Waals surface area contributed by atoms with Crippen molar-refractivity contribution in [2.45, 2.75) is 13.5 Å². The average molecular weight is 183 g/mol. The first-order valence-corrected chi connectivity index (χ1v) is 4.13. The number of H-pyrrole nitrogens is 1. The summed E-state index contributed by atoms with van der Waals surface area (Å²) in [4.78, 5) is 18.0. The Morgan fingerprint density at radius 2 is 2.54 bits per heavy atom. The molecule has 1 rings (SSSR count).